The normalized spacial score (nSPS) is 19.3. The van der Waals surface area contributed by atoms with Crippen molar-refractivity contribution in [2.24, 2.45) is 5.41 Å². The first kappa shape index (κ1) is 23.8. The minimum Gasteiger partial charge on any atom is -0.351 e. The second-order valence-corrected chi connectivity index (χ2v) is 11.2. The fourth-order valence-electron chi connectivity index (χ4n) is 6.68. The summed E-state index contributed by atoms with van der Waals surface area (Å²) in [5.74, 6) is 1.15. The highest BCUT2D eigenvalue weighted by atomic mass is 16.2. The molecule has 4 heterocycles. The van der Waals surface area contributed by atoms with E-state index >= 15 is 0 Å². The van der Waals surface area contributed by atoms with Crippen LogP contribution in [0.15, 0.2) is 24.9 Å². The number of piperazine rings is 1. The topological polar surface area (TPSA) is 90.4 Å². The zero-order valence-electron chi connectivity index (χ0n) is 22.2. The molecule has 1 spiro atoms. The summed E-state index contributed by atoms with van der Waals surface area (Å²) in [4.78, 5) is 30.1. The summed E-state index contributed by atoms with van der Waals surface area (Å²) in [7, 11) is 0. The Labute approximate surface area is 217 Å². The average molecular weight is 502 g/mol. The standard InChI is InChI=1S/C28H35N7O2/c1-6-24(37)34-15-28(16-34)12-21(13-28)35-19(4)26(25-18(3)17(2)11-23-22(25)14-29-30-23)27(31-35)33-9-7-32(8-10-33)20(5)36/h6,11,14,21H,1,7-10,12-13,15-16H2,2-5H3,(H,29,30). The highest BCUT2D eigenvalue weighted by Crippen LogP contribution is 2.55. The third kappa shape index (κ3) is 3.66. The van der Waals surface area contributed by atoms with Crippen LogP contribution in [-0.2, 0) is 9.59 Å². The summed E-state index contributed by atoms with van der Waals surface area (Å²) in [5.41, 5.74) is 7.23. The number of hydrogen-bond acceptors (Lipinski definition) is 5. The molecule has 9 heteroatoms. The number of benzene rings is 1. The molecule has 37 heavy (non-hydrogen) atoms. The predicted molar refractivity (Wildman–Crippen MR) is 143 cm³/mol. The number of aromatic nitrogens is 4. The smallest absolute Gasteiger partial charge is 0.245 e. The summed E-state index contributed by atoms with van der Waals surface area (Å²) in [5, 5.41) is 13.9. The maximum absolute atomic E-state index is 12.0. The van der Waals surface area contributed by atoms with E-state index in [9.17, 15) is 9.59 Å². The first-order valence-electron chi connectivity index (χ1n) is 13.2. The molecule has 3 aromatic rings. The molecule has 2 amide bonds. The Morgan fingerprint density at radius 2 is 1.78 bits per heavy atom. The van der Waals surface area contributed by atoms with Gasteiger partial charge in [0.1, 0.15) is 0 Å². The number of H-pyrrole nitrogens is 1. The Balaban J connectivity index is 1.38. The van der Waals surface area contributed by atoms with Gasteiger partial charge in [-0.25, -0.2) is 0 Å². The molecule has 1 aliphatic carbocycles. The van der Waals surface area contributed by atoms with Gasteiger partial charge in [-0.1, -0.05) is 6.58 Å². The van der Waals surface area contributed by atoms with Crippen LogP contribution in [0.5, 0.6) is 0 Å². The van der Waals surface area contributed by atoms with Gasteiger partial charge >= 0.3 is 0 Å². The molecule has 2 saturated heterocycles. The number of amides is 2. The Bertz CT molecular complexity index is 1410. The van der Waals surface area contributed by atoms with Crippen molar-refractivity contribution in [3.8, 4) is 11.1 Å². The Morgan fingerprint density at radius 3 is 2.43 bits per heavy atom. The van der Waals surface area contributed by atoms with Crippen molar-refractivity contribution < 1.29 is 9.59 Å². The van der Waals surface area contributed by atoms with E-state index in [0.29, 0.717) is 19.1 Å². The Hall–Kier alpha value is -3.62. The van der Waals surface area contributed by atoms with E-state index in [4.69, 9.17) is 5.10 Å². The quantitative estimate of drug-likeness (QED) is 0.554. The summed E-state index contributed by atoms with van der Waals surface area (Å²) in [6, 6.07) is 2.48. The molecule has 0 bridgehead atoms. The number of aromatic amines is 1. The van der Waals surface area contributed by atoms with E-state index in [1.54, 1.807) is 6.92 Å². The van der Waals surface area contributed by atoms with E-state index in [1.165, 1.54) is 34.0 Å². The fraction of sp³-hybridized carbons (Fsp3) is 0.500. The monoisotopic (exact) mass is 501 g/mol. The van der Waals surface area contributed by atoms with Crippen molar-refractivity contribution in [1.82, 2.24) is 29.8 Å². The van der Waals surface area contributed by atoms with Gasteiger partial charge < -0.3 is 14.7 Å². The number of nitrogens with zero attached hydrogens (tertiary/aromatic N) is 6. The van der Waals surface area contributed by atoms with E-state index < -0.39 is 0 Å². The van der Waals surface area contributed by atoms with Crippen LogP contribution in [0.3, 0.4) is 0 Å². The van der Waals surface area contributed by atoms with Gasteiger partial charge in [-0.2, -0.15) is 10.2 Å². The van der Waals surface area contributed by atoms with Crippen LogP contribution >= 0.6 is 0 Å². The van der Waals surface area contributed by atoms with Gasteiger partial charge in [0.25, 0.3) is 0 Å². The second-order valence-electron chi connectivity index (χ2n) is 11.2. The average Bonchev–Trinajstić information content (AvgIpc) is 3.42. The largest absolute Gasteiger partial charge is 0.351 e. The summed E-state index contributed by atoms with van der Waals surface area (Å²) in [6.45, 7) is 16.3. The van der Waals surface area contributed by atoms with Crippen molar-refractivity contribution in [2.75, 3.05) is 44.2 Å². The lowest BCUT2D eigenvalue weighted by atomic mass is 9.60. The Morgan fingerprint density at radius 1 is 1.08 bits per heavy atom. The molecule has 2 aliphatic heterocycles. The van der Waals surface area contributed by atoms with Crippen molar-refractivity contribution in [3.63, 3.8) is 0 Å². The number of hydrogen-bond donors (Lipinski definition) is 1. The van der Waals surface area contributed by atoms with Gasteiger partial charge in [0.15, 0.2) is 5.82 Å². The molecule has 6 rings (SSSR count). The van der Waals surface area contributed by atoms with E-state index in [2.05, 4.69) is 53.2 Å². The van der Waals surface area contributed by atoms with Crippen LogP contribution in [0.1, 0.15) is 42.6 Å². The van der Waals surface area contributed by atoms with Crippen LogP contribution in [0, 0.1) is 26.2 Å². The summed E-state index contributed by atoms with van der Waals surface area (Å²) >= 11 is 0. The summed E-state index contributed by atoms with van der Waals surface area (Å²) in [6.07, 6.45) is 5.39. The summed E-state index contributed by atoms with van der Waals surface area (Å²) < 4.78 is 2.24. The molecule has 0 unspecified atom stereocenters. The molecule has 1 saturated carbocycles. The van der Waals surface area contributed by atoms with Crippen LogP contribution in [-0.4, -0.2) is 80.9 Å². The van der Waals surface area contributed by atoms with Crippen molar-refractivity contribution in [3.05, 3.63) is 41.7 Å². The molecule has 0 radical (unpaired) electrons. The zero-order chi connectivity index (χ0) is 26.1. The highest BCUT2D eigenvalue weighted by Gasteiger charge is 2.54. The van der Waals surface area contributed by atoms with Gasteiger partial charge in [-0.3, -0.25) is 19.4 Å². The SMILES string of the molecule is C=CC(=O)N1CC2(CC(n3nc(N4CCN(C(C)=O)CC4)c(-c4c(C)c(C)cc5[nH]ncc45)c3C)C2)C1. The van der Waals surface area contributed by atoms with Gasteiger partial charge in [0.2, 0.25) is 11.8 Å². The molecular weight excluding hydrogens is 466 g/mol. The molecule has 3 fully saturated rings. The van der Waals surface area contributed by atoms with E-state index in [-0.39, 0.29) is 17.2 Å². The number of carbonyl (C=O) groups excluding carboxylic acids is 2. The highest BCUT2D eigenvalue weighted by molar-refractivity contribution is 6.00. The third-order valence-corrected chi connectivity index (χ3v) is 8.89. The lowest BCUT2D eigenvalue weighted by Gasteiger charge is -2.58. The number of fused-ring (bicyclic) bond motifs is 1. The maximum atomic E-state index is 12.0. The van der Waals surface area contributed by atoms with Crippen molar-refractivity contribution in [2.45, 2.75) is 46.6 Å². The number of anilines is 1. The first-order chi connectivity index (χ1) is 17.7. The molecule has 194 valence electrons. The number of aryl methyl sites for hydroxylation is 1. The van der Waals surface area contributed by atoms with Gasteiger partial charge in [-0.15, -0.1) is 0 Å². The maximum Gasteiger partial charge on any atom is 0.245 e. The molecular formula is C28H35N7O2. The van der Waals surface area contributed by atoms with Crippen LogP contribution in [0.25, 0.3) is 22.0 Å². The van der Waals surface area contributed by atoms with Crippen LogP contribution in [0.2, 0.25) is 0 Å². The number of carbonyl (C=O) groups is 2. The molecule has 3 aliphatic rings. The fourth-order valence-corrected chi connectivity index (χ4v) is 6.68. The minimum atomic E-state index is 0.0256. The van der Waals surface area contributed by atoms with Crippen molar-refractivity contribution >= 4 is 28.5 Å². The molecule has 1 N–H and O–H groups in total. The number of rotatable bonds is 4. The van der Waals surface area contributed by atoms with E-state index in [1.807, 2.05) is 16.0 Å². The predicted octanol–water partition coefficient (Wildman–Crippen LogP) is 3.37. The lowest BCUT2D eigenvalue weighted by molar-refractivity contribution is -0.149. The Kier molecular flexibility index (Phi) is 5.43. The van der Waals surface area contributed by atoms with Gasteiger partial charge in [0, 0.05) is 73.8 Å². The molecule has 2 aromatic heterocycles. The molecule has 1 aromatic carbocycles. The van der Waals surface area contributed by atoms with Gasteiger partial charge in [0.05, 0.1) is 17.8 Å². The zero-order valence-corrected chi connectivity index (χ0v) is 22.2. The minimum absolute atomic E-state index is 0.0256. The first-order valence-corrected chi connectivity index (χ1v) is 13.2. The number of nitrogens with one attached hydrogen (secondary N) is 1. The third-order valence-electron chi connectivity index (χ3n) is 8.89. The lowest BCUT2D eigenvalue weighted by Crippen LogP contribution is -2.63. The van der Waals surface area contributed by atoms with Crippen LogP contribution in [0.4, 0.5) is 5.82 Å². The van der Waals surface area contributed by atoms with Gasteiger partial charge in [-0.05, 0) is 56.9 Å². The second kappa shape index (κ2) is 8.46. The van der Waals surface area contributed by atoms with Crippen molar-refractivity contribution in [1.29, 1.82) is 0 Å². The van der Waals surface area contributed by atoms with Crippen LogP contribution < -0.4 is 4.90 Å². The number of likely N-dealkylation sites (tertiary alicyclic amines) is 1. The molecule has 0 atom stereocenters. The van der Waals surface area contributed by atoms with E-state index in [0.717, 1.165) is 55.7 Å². The molecule has 9 nitrogen and oxygen atoms in total.